The summed E-state index contributed by atoms with van der Waals surface area (Å²) in [6.45, 7) is -0.513. The molecule has 2 aromatic rings. The molecule has 0 aliphatic carbocycles. The average molecular weight is 425 g/mol. The van der Waals surface area contributed by atoms with Gasteiger partial charge in [0, 0.05) is 10.0 Å². The summed E-state index contributed by atoms with van der Waals surface area (Å²) in [4.78, 5) is 35.6. The van der Waals surface area contributed by atoms with Crippen molar-refractivity contribution in [3.63, 3.8) is 0 Å². The van der Waals surface area contributed by atoms with E-state index in [0.29, 0.717) is 15.9 Å². The number of hydrogen-bond acceptors (Lipinski definition) is 5. The van der Waals surface area contributed by atoms with Gasteiger partial charge < -0.3 is 14.8 Å². The lowest BCUT2D eigenvalue weighted by atomic mass is 10.1. The van der Waals surface area contributed by atoms with Crippen molar-refractivity contribution in [2.75, 3.05) is 18.5 Å². The standard InChI is InChI=1S/C17H11BrClNO5/c18-10-2-3-12(19)11(6-10)17(23)25-7-14(21)9-1-4-15-13(5-9)20-16(22)8-24-15/h1-6H,7-8H2,(H,20,22). The molecule has 3 rings (SSSR count). The number of carbonyl (C=O) groups excluding carboxylic acids is 3. The fourth-order valence-electron chi connectivity index (χ4n) is 2.20. The van der Waals surface area contributed by atoms with Gasteiger partial charge in [0.15, 0.2) is 19.0 Å². The molecule has 0 radical (unpaired) electrons. The van der Waals surface area contributed by atoms with E-state index in [2.05, 4.69) is 21.2 Å². The van der Waals surface area contributed by atoms with E-state index >= 15 is 0 Å². The third-order valence-corrected chi connectivity index (χ3v) is 4.24. The molecule has 0 bridgehead atoms. The first-order valence-electron chi connectivity index (χ1n) is 7.16. The Morgan fingerprint density at radius 1 is 1.24 bits per heavy atom. The number of fused-ring (bicyclic) bond motifs is 1. The lowest BCUT2D eigenvalue weighted by Crippen LogP contribution is -2.25. The molecule has 0 saturated heterocycles. The molecule has 0 saturated carbocycles. The van der Waals surface area contributed by atoms with Gasteiger partial charge in [-0.3, -0.25) is 9.59 Å². The highest BCUT2D eigenvalue weighted by Gasteiger charge is 2.19. The first kappa shape index (κ1) is 17.4. The van der Waals surface area contributed by atoms with Crippen LogP contribution in [0.25, 0.3) is 0 Å². The summed E-state index contributed by atoms with van der Waals surface area (Å²) in [6.07, 6.45) is 0. The van der Waals surface area contributed by atoms with E-state index in [9.17, 15) is 14.4 Å². The number of Topliss-reactive ketones (excluding diaryl/α,β-unsaturated/α-hetero) is 1. The monoisotopic (exact) mass is 423 g/mol. The Kier molecular flexibility index (Phi) is 5.06. The molecule has 0 aromatic heterocycles. The Labute approximate surface area is 156 Å². The third kappa shape index (κ3) is 4.00. The predicted octanol–water partition coefficient (Wildman–Crippen LogP) is 3.47. The molecule has 2 aromatic carbocycles. The normalized spacial score (nSPS) is 12.6. The van der Waals surface area contributed by atoms with Crippen molar-refractivity contribution in [2.45, 2.75) is 0 Å². The number of nitrogens with one attached hydrogen (secondary N) is 1. The third-order valence-electron chi connectivity index (χ3n) is 3.42. The lowest BCUT2D eigenvalue weighted by Gasteiger charge is -2.18. The second-order valence-corrected chi connectivity index (χ2v) is 6.49. The Morgan fingerprint density at radius 2 is 2.04 bits per heavy atom. The predicted molar refractivity (Wildman–Crippen MR) is 94.3 cm³/mol. The van der Waals surface area contributed by atoms with Crippen molar-refractivity contribution in [1.29, 1.82) is 0 Å². The van der Waals surface area contributed by atoms with Crippen molar-refractivity contribution in [2.24, 2.45) is 0 Å². The number of halogens is 2. The van der Waals surface area contributed by atoms with E-state index < -0.39 is 18.4 Å². The molecule has 8 heteroatoms. The van der Waals surface area contributed by atoms with Crippen molar-refractivity contribution in [3.05, 3.63) is 57.0 Å². The first-order chi connectivity index (χ1) is 11.9. The Morgan fingerprint density at radius 3 is 2.84 bits per heavy atom. The van der Waals surface area contributed by atoms with Gasteiger partial charge in [0.25, 0.3) is 5.91 Å². The largest absolute Gasteiger partial charge is 0.482 e. The molecular weight excluding hydrogens is 414 g/mol. The van der Waals surface area contributed by atoms with E-state index in [4.69, 9.17) is 21.1 Å². The molecule has 1 aliphatic heterocycles. The van der Waals surface area contributed by atoms with Crippen LogP contribution in [0.1, 0.15) is 20.7 Å². The Balaban J connectivity index is 1.68. The summed E-state index contributed by atoms with van der Waals surface area (Å²) in [5.74, 6) is -0.932. The van der Waals surface area contributed by atoms with Crippen LogP contribution in [-0.2, 0) is 9.53 Å². The van der Waals surface area contributed by atoms with Gasteiger partial charge in [-0.15, -0.1) is 0 Å². The van der Waals surface area contributed by atoms with Crippen molar-refractivity contribution in [1.82, 2.24) is 0 Å². The maximum atomic E-state index is 12.2. The van der Waals surface area contributed by atoms with Crippen LogP contribution in [0.5, 0.6) is 5.75 Å². The minimum atomic E-state index is -0.700. The highest BCUT2D eigenvalue weighted by Crippen LogP contribution is 2.28. The number of anilines is 1. The molecule has 1 amide bonds. The summed E-state index contributed by atoms with van der Waals surface area (Å²) < 4.78 is 10.9. The number of carbonyl (C=O) groups is 3. The van der Waals surface area contributed by atoms with Gasteiger partial charge in [0.05, 0.1) is 16.3 Å². The minimum absolute atomic E-state index is 0.0642. The average Bonchev–Trinajstić information content (AvgIpc) is 2.60. The van der Waals surface area contributed by atoms with Crippen molar-refractivity contribution in [3.8, 4) is 5.75 Å². The SMILES string of the molecule is O=C1COc2ccc(C(=O)COC(=O)c3cc(Br)ccc3Cl)cc2N1. The highest BCUT2D eigenvalue weighted by atomic mass is 79.9. The fraction of sp³-hybridized carbons (Fsp3) is 0.118. The van der Waals surface area contributed by atoms with Crippen LogP contribution in [-0.4, -0.2) is 30.9 Å². The van der Waals surface area contributed by atoms with Crippen LogP contribution < -0.4 is 10.1 Å². The first-order valence-corrected chi connectivity index (χ1v) is 8.33. The minimum Gasteiger partial charge on any atom is -0.482 e. The summed E-state index contributed by atoms with van der Waals surface area (Å²) in [5.41, 5.74) is 0.857. The highest BCUT2D eigenvalue weighted by molar-refractivity contribution is 9.10. The van der Waals surface area contributed by atoms with Gasteiger partial charge in [-0.25, -0.2) is 4.79 Å². The molecular formula is C17H11BrClNO5. The van der Waals surface area contributed by atoms with Crippen LogP contribution in [0.2, 0.25) is 5.02 Å². The number of rotatable bonds is 4. The molecule has 0 spiro atoms. The van der Waals surface area contributed by atoms with Gasteiger partial charge >= 0.3 is 5.97 Å². The van der Waals surface area contributed by atoms with Gasteiger partial charge in [-0.1, -0.05) is 27.5 Å². The molecule has 25 heavy (non-hydrogen) atoms. The Hall–Kier alpha value is -2.38. The summed E-state index contributed by atoms with van der Waals surface area (Å²) in [5, 5.41) is 2.84. The smallest absolute Gasteiger partial charge is 0.340 e. The van der Waals surface area contributed by atoms with Crippen LogP contribution in [0.4, 0.5) is 5.69 Å². The van der Waals surface area contributed by atoms with E-state index in [-0.39, 0.29) is 28.7 Å². The van der Waals surface area contributed by atoms with Crippen molar-refractivity contribution >= 4 is 50.9 Å². The Bertz CT molecular complexity index is 883. The zero-order valence-electron chi connectivity index (χ0n) is 12.7. The zero-order chi connectivity index (χ0) is 18.0. The molecule has 0 atom stereocenters. The number of hydrogen-bond donors (Lipinski definition) is 1. The van der Waals surface area contributed by atoms with E-state index in [1.807, 2.05) is 0 Å². The molecule has 128 valence electrons. The summed E-state index contributed by atoms with van der Waals surface area (Å²) in [7, 11) is 0. The van der Waals surface area contributed by atoms with Gasteiger partial charge in [0.1, 0.15) is 5.75 Å². The summed E-state index contributed by atoms with van der Waals surface area (Å²) >= 11 is 9.20. The molecule has 0 fully saturated rings. The number of esters is 1. The van der Waals surface area contributed by atoms with E-state index in [1.54, 1.807) is 24.3 Å². The maximum Gasteiger partial charge on any atom is 0.340 e. The van der Waals surface area contributed by atoms with Gasteiger partial charge in [-0.05, 0) is 36.4 Å². The number of ketones is 1. The van der Waals surface area contributed by atoms with Crippen LogP contribution in [0, 0.1) is 0 Å². The quantitative estimate of drug-likeness (QED) is 0.600. The summed E-state index contributed by atoms with van der Waals surface area (Å²) in [6, 6.07) is 9.35. The van der Waals surface area contributed by atoms with E-state index in [0.717, 1.165) is 0 Å². The van der Waals surface area contributed by atoms with E-state index in [1.165, 1.54) is 12.1 Å². The van der Waals surface area contributed by atoms with Crippen LogP contribution in [0.3, 0.4) is 0 Å². The second-order valence-electron chi connectivity index (χ2n) is 5.17. The number of amides is 1. The molecule has 1 heterocycles. The zero-order valence-corrected chi connectivity index (χ0v) is 15.0. The topological polar surface area (TPSA) is 81.7 Å². The second kappa shape index (κ2) is 7.25. The van der Waals surface area contributed by atoms with Gasteiger partial charge in [-0.2, -0.15) is 0 Å². The number of ether oxygens (including phenoxy) is 2. The van der Waals surface area contributed by atoms with Crippen LogP contribution in [0.15, 0.2) is 40.9 Å². The van der Waals surface area contributed by atoms with Crippen LogP contribution >= 0.6 is 27.5 Å². The molecule has 1 N–H and O–H groups in total. The number of benzene rings is 2. The van der Waals surface area contributed by atoms with Crippen molar-refractivity contribution < 1.29 is 23.9 Å². The molecule has 6 nitrogen and oxygen atoms in total. The lowest BCUT2D eigenvalue weighted by molar-refractivity contribution is -0.118. The fourth-order valence-corrected chi connectivity index (χ4v) is 2.76. The molecule has 0 unspecified atom stereocenters. The molecule has 1 aliphatic rings. The van der Waals surface area contributed by atoms with Gasteiger partial charge in [0.2, 0.25) is 0 Å². The maximum absolute atomic E-state index is 12.2.